The van der Waals surface area contributed by atoms with Crippen LogP contribution in [-0.2, 0) is 9.59 Å². The number of unbranched alkanes of at least 4 members (excludes halogenated alkanes) is 23. The average molecular weight is 543 g/mol. The highest BCUT2D eigenvalue weighted by Gasteiger charge is 2.14. The average Bonchev–Trinajstić information content (AvgIpc) is 2.86. The second kappa shape index (κ2) is 29.8. The van der Waals surface area contributed by atoms with Gasteiger partial charge < -0.3 is 10.2 Å². The van der Waals surface area contributed by atoms with E-state index in [4.69, 9.17) is 10.2 Å². The highest BCUT2D eigenvalue weighted by atomic mass is 32.2. The monoisotopic (exact) mass is 542 g/mol. The van der Waals surface area contributed by atoms with Gasteiger partial charge in [0.25, 0.3) is 0 Å². The molecule has 0 rings (SSSR count). The highest BCUT2D eigenvalue weighted by molar-refractivity contribution is 7.99. The smallest absolute Gasteiger partial charge is 0.304 e. The van der Waals surface area contributed by atoms with Crippen molar-refractivity contribution in [3.05, 3.63) is 0 Å². The quantitative estimate of drug-likeness (QED) is 0.0852. The molecule has 220 valence electrons. The Morgan fingerprint density at radius 3 is 1.14 bits per heavy atom. The molecule has 1 unspecified atom stereocenters. The standard InChI is InChI=1S/C32H62O4S/c1-2-3-4-5-6-7-8-9-10-11-12-13-14-15-16-17-18-19-20-21-22-23-24-25-26-30(29-32(35)36)37-28-27-31(33)34/h30H,2-29H2,1H3,(H,33,34)(H,35,36). The van der Waals surface area contributed by atoms with Gasteiger partial charge in [0.05, 0.1) is 12.8 Å². The number of aliphatic carboxylic acids is 2. The van der Waals surface area contributed by atoms with E-state index in [0.717, 1.165) is 19.3 Å². The van der Waals surface area contributed by atoms with Gasteiger partial charge >= 0.3 is 11.9 Å². The van der Waals surface area contributed by atoms with Crippen LogP contribution in [-0.4, -0.2) is 33.2 Å². The molecule has 0 aromatic heterocycles. The summed E-state index contributed by atoms with van der Waals surface area (Å²) >= 11 is 1.51. The molecule has 0 saturated heterocycles. The Morgan fingerprint density at radius 1 is 0.514 bits per heavy atom. The van der Waals surface area contributed by atoms with Gasteiger partial charge in [-0.25, -0.2) is 0 Å². The molecule has 0 saturated carbocycles. The van der Waals surface area contributed by atoms with Crippen molar-refractivity contribution in [2.45, 2.75) is 186 Å². The Labute approximate surface area is 234 Å². The maximum atomic E-state index is 11.0. The molecule has 0 aromatic rings. The number of rotatable bonds is 31. The first-order chi connectivity index (χ1) is 18.1. The lowest BCUT2D eigenvalue weighted by molar-refractivity contribution is -0.137. The van der Waals surface area contributed by atoms with E-state index in [1.807, 2.05) is 0 Å². The van der Waals surface area contributed by atoms with Gasteiger partial charge in [-0.15, -0.1) is 0 Å². The molecule has 0 heterocycles. The van der Waals surface area contributed by atoms with Crippen molar-refractivity contribution in [3.63, 3.8) is 0 Å². The molecular formula is C32H62O4S. The summed E-state index contributed by atoms with van der Waals surface area (Å²) in [6.45, 7) is 2.29. The van der Waals surface area contributed by atoms with Gasteiger partial charge in [-0.05, 0) is 6.42 Å². The van der Waals surface area contributed by atoms with E-state index in [1.165, 1.54) is 153 Å². The number of carbonyl (C=O) groups is 2. The first-order valence-electron chi connectivity index (χ1n) is 16.1. The van der Waals surface area contributed by atoms with E-state index in [-0.39, 0.29) is 18.1 Å². The third-order valence-corrected chi connectivity index (χ3v) is 8.77. The van der Waals surface area contributed by atoms with Crippen molar-refractivity contribution >= 4 is 23.7 Å². The van der Waals surface area contributed by atoms with Crippen molar-refractivity contribution in [2.75, 3.05) is 5.75 Å². The van der Waals surface area contributed by atoms with Crippen LogP contribution < -0.4 is 0 Å². The minimum atomic E-state index is -0.809. The van der Waals surface area contributed by atoms with Crippen LogP contribution in [0.15, 0.2) is 0 Å². The molecular weight excluding hydrogens is 480 g/mol. The predicted octanol–water partition coefficient (Wildman–Crippen LogP) is 10.8. The topological polar surface area (TPSA) is 74.6 Å². The van der Waals surface area contributed by atoms with Gasteiger partial charge in [0.15, 0.2) is 0 Å². The Kier molecular flexibility index (Phi) is 29.3. The van der Waals surface area contributed by atoms with Crippen LogP contribution >= 0.6 is 11.8 Å². The third kappa shape index (κ3) is 31.4. The summed E-state index contributed by atoms with van der Waals surface area (Å²) in [7, 11) is 0. The van der Waals surface area contributed by atoms with Crippen LogP contribution in [0.4, 0.5) is 0 Å². The lowest BCUT2D eigenvalue weighted by Gasteiger charge is -2.13. The van der Waals surface area contributed by atoms with Crippen LogP contribution in [0.25, 0.3) is 0 Å². The molecule has 0 amide bonds. The second-order valence-corrected chi connectivity index (χ2v) is 12.6. The fourth-order valence-electron chi connectivity index (χ4n) is 5.09. The lowest BCUT2D eigenvalue weighted by Crippen LogP contribution is -2.11. The summed E-state index contributed by atoms with van der Waals surface area (Å²) in [6.07, 6.45) is 34.3. The van der Waals surface area contributed by atoms with Crippen molar-refractivity contribution in [3.8, 4) is 0 Å². The molecule has 0 aliphatic rings. The van der Waals surface area contributed by atoms with Crippen molar-refractivity contribution in [2.24, 2.45) is 0 Å². The normalized spacial score (nSPS) is 12.1. The Morgan fingerprint density at radius 2 is 0.838 bits per heavy atom. The predicted molar refractivity (Wildman–Crippen MR) is 162 cm³/mol. The zero-order chi connectivity index (χ0) is 27.2. The van der Waals surface area contributed by atoms with E-state index >= 15 is 0 Å². The zero-order valence-corrected chi connectivity index (χ0v) is 25.3. The molecule has 0 radical (unpaired) electrons. The van der Waals surface area contributed by atoms with Crippen LogP contribution in [0.3, 0.4) is 0 Å². The molecule has 1 atom stereocenters. The van der Waals surface area contributed by atoms with Gasteiger partial charge in [-0.1, -0.05) is 161 Å². The summed E-state index contributed by atoms with van der Waals surface area (Å²) in [4.78, 5) is 21.7. The third-order valence-electron chi connectivity index (χ3n) is 7.45. The summed E-state index contributed by atoms with van der Waals surface area (Å²) in [5.41, 5.74) is 0. The van der Waals surface area contributed by atoms with Gasteiger partial charge in [0, 0.05) is 11.0 Å². The molecule has 37 heavy (non-hydrogen) atoms. The second-order valence-electron chi connectivity index (χ2n) is 11.2. The molecule has 0 spiro atoms. The number of carboxylic acid groups (broad SMARTS) is 2. The SMILES string of the molecule is CCCCCCCCCCCCCCCCCCCCCCCCCCC(CC(=O)O)SCCC(=O)O. The summed E-state index contributed by atoms with van der Waals surface area (Å²) in [5, 5.41) is 17.9. The zero-order valence-electron chi connectivity index (χ0n) is 24.5. The maximum absolute atomic E-state index is 11.0. The molecule has 0 fully saturated rings. The van der Waals surface area contributed by atoms with E-state index in [2.05, 4.69) is 6.92 Å². The molecule has 0 bridgehead atoms. The van der Waals surface area contributed by atoms with Gasteiger partial charge in [0.1, 0.15) is 0 Å². The number of hydrogen-bond donors (Lipinski definition) is 2. The number of thioether (sulfide) groups is 1. The Bertz CT molecular complexity index is 497. The van der Waals surface area contributed by atoms with E-state index in [0.29, 0.717) is 5.75 Å². The summed E-state index contributed by atoms with van der Waals surface area (Å²) in [5.74, 6) is -1.08. The molecule has 5 heteroatoms. The van der Waals surface area contributed by atoms with E-state index in [1.54, 1.807) is 0 Å². The van der Waals surface area contributed by atoms with Crippen molar-refractivity contribution in [1.29, 1.82) is 0 Å². The number of hydrogen-bond acceptors (Lipinski definition) is 3. The Hall–Kier alpha value is -0.710. The van der Waals surface area contributed by atoms with Crippen LogP contribution in [0.5, 0.6) is 0 Å². The maximum Gasteiger partial charge on any atom is 0.304 e. The fourth-order valence-corrected chi connectivity index (χ4v) is 6.31. The van der Waals surface area contributed by atoms with E-state index < -0.39 is 11.9 Å². The first kappa shape index (κ1) is 36.3. The first-order valence-corrected chi connectivity index (χ1v) is 17.2. The van der Waals surface area contributed by atoms with Crippen LogP contribution in [0.1, 0.15) is 180 Å². The molecule has 4 nitrogen and oxygen atoms in total. The van der Waals surface area contributed by atoms with Gasteiger partial charge in [-0.3, -0.25) is 9.59 Å². The van der Waals surface area contributed by atoms with Crippen LogP contribution in [0, 0.1) is 0 Å². The number of carboxylic acids is 2. The molecule has 2 N–H and O–H groups in total. The molecule has 0 aliphatic carbocycles. The highest BCUT2D eigenvalue weighted by Crippen LogP contribution is 2.23. The largest absolute Gasteiger partial charge is 0.481 e. The summed E-state index contributed by atoms with van der Waals surface area (Å²) < 4.78 is 0. The fraction of sp³-hybridized carbons (Fsp3) is 0.938. The minimum absolute atomic E-state index is 0.0524. The summed E-state index contributed by atoms with van der Waals surface area (Å²) in [6, 6.07) is 0. The van der Waals surface area contributed by atoms with Gasteiger partial charge in [0.2, 0.25) is 0 Å². The molecule has 0 aliphatic heterocycles. The van der Waals surface area contributed by atoms with Crippen molar-refractivity contribution in [1.82, 2.24) is 0 Å². The van der Waals surface area contributed by atoms with E-state index in [9.17, 15) is 9.59 Å². The minimum Gasteiger partial charge on any atom is -0.481 e. The molecule has 0 aromatic carbocycles. The van der Waals surface area contributed by atoms with Crippen molar-refractivity contribution < 1.29 is 19.8 Å². The lowest BCUT2D eigenvalue weighted by atomic mass is 10.0. The van der Waals surface area contributed by atoms with Gasteiger partial charge in [-0.2, -0.15) is 11.8 Å². The Balaban J connectivity index is 3.28. The van der Waals surface area contributed by atoms with Crippen LogP contribution in [0.2, 0.25) is 0 Å².